The van der Waals surface area contributed by atoms with Gasteiger partial charge in [0.25, 0.3) is 0 Å². The number of nitrogens with zero attached hydrogens (tertiary/aromatic N) is 1. The van der Waals surface area contributed by atoms with Crippen LogP contribution in [-0.4, -0.2) is 43.5 Å². The summed E-state index contributed by atoms with van der Waals surface area (Å²) in [6, 6.07) is 0. The van der Waals surface area contributed by atoms with Gasteiger partial charge in [0.15, 0.2) is 0 Å². The Morgan fingerprint density at radius 1 is 1.60 bits per heavy atom. The van der Waals surface area contributed by atoms with Crippen LogP contribution in [0.4, 0.5) is 0 Å². The molecule has 1 saturated heterocycles. The van der Waals surface area contributed by atoms with Gasteiger partial charge < -0.3 is 16.0 Å². The van der Waals surface area contributed by atoms with Gasteiger partial charge in [-0.1, -0.05) is 0 Å². The SMILES string of the molecule is CC(=O)N1CCCC(CNCCCN)C1. The van der Waals surface area contributed by atoms with Crippen LogP contribution in [0.25, 0.3) is 0 Å². The molecule has 1 aliphatic heterocycles. The summed E-state index contributed by atoms with van der Waals surface area (Å²) in [5.41, 5.74) is 5.42. The highest BCUT2D eigenvalue weighted by molar-refractivity contribution is 5.73. The fraction of sp³-hybridized carbons (Fsp3) is 0.909. The highest BCUT2D eigenvalue weighted by atomic mass is 16.2. The van der Waals surface area contributed by atoms with E-state index >= 15 is 0 Å². The van der Waals surface area contributed by atoms with Crippen molar-refractivity contribution in [3.05, 3.63) is 0 Å². The number of likely N-dealkylation sites (tertiary alicyclic amines) is 1. The number of carbonyl (C=O) groups is 1. The summed E-state index contributed by atoms with van der Waals surface area (Å²) < 4.78 is 0. The molecule has 0 spiro atoms. The van der Waals surface area contributed by atoms with Gasteiger partial charge in [0, 0.05) is 20.0 Å². The summed E-state index contributed by atoms with van der Waals surface area (Å²) in [6.45, 7) is 6.28. The van der Waals surface area contributed by atoms with E-state index in [0.29, 0.717) is 5.92 Å². The topological polar surface area (TPSA) is 58.4 Å². The van der Waals surface area contributed by atoms with Crippen LogP contribution in [-0.2, 0) is 4.79 Å². The second-order valence-electron chi connectivity index (χ2n) is 4.32. The van der Waals surface area contributed by atoms with Crippen LogP contribution in [0.5, 0.6) is 0 Å². The molecule has 0 saturated carbocycles. The smallest absolute Gasteiger partial charge is 0.219 e. The second-order valence-corrected chi connectivity index (χ2v) is 4.32. The molecule has 1 aliphatic rings. The lowest BCUT2D eigenvalue weighted by atomic mass is 9.98. The van der Waals surface area contributed by atoms with Crippen LogP contribution >= 0.6 is 0 Å². The van der Waals surface area contributed by atoms with Gasteiger partial charge in [-0.3, -0.25) is 4.79 Å². The molecular weight excluding hydrogens is 190 g/mol. The van der Waals surface area contributed by atoms with Crippen LogP contribution in [0.15, 0.2) is 0 Å². The molecule has 0 radical (unpaired) electrons. The normalized spacial score (nSPS) is 21.7. The number of piperidine rings is 1. The monoisotopic (exact) mass is 213 g/mol. The minimum atomic E-state index is 0.210. The third kappa shape index (κ3) is 4.62. The number of nitrogens with one attached hydrogen (secondary N) is 1. The predicted molar refractivity (Wildman–Crippen MR) is 61.5 cm³/mol. The summed E-state index contributed by atoms with van der Waals surface area (Å²) in [4.78, 5) is 13.2. The summed E-state index contributed by atoms with van der Waals surface area (Å²) in [6.07, 6.45) is 3.41. The van der Waals surface area contributed by atoms with Crippen LogP contribution in [0.2, 0.25) is 0 Å². The zero-order valence-electron chi connectivity index (χ0n) is 9.67. The first kappa shape index (κ1) is 12.5. The maximum atomic E-state index is 11.2. The summed E-state index contributed by atoms with van der Waals surface area (Å²) in [5.74, 6) is 0.835. The molecule has 0 aromatic carbocycles. The quantitative estimate of drug-likeness (QED) is 0.641. The van der Waals surface area contributed by atoms with E-state index in [1.807, 2.05) is 4.90 Å². The summed E-state index contributed by atoms with van der Waals surface area (Å²) >= 11 is 0. The van der Waals surface area contributed by atoms with Crippen molar-refractivity contribution in [2.45, 2.75) is 26.2 Å². The van der Waals surface area contributed by atoms with Crippen molar-refractivity contribution in [2.75, 3.05) is 32.7 Å². The maximum absolute atomic E-state index is 11.2. The van der Waals surface area contributed by atoms with E-state index < -0.39 is 0 Å². The van der Waals surface area contributed by atoms with Gasteiger partial charge >= 0.3 is 0 Å². The van der Waals surface area contributed by atoms with Crippen molar-refractivity contribution in [2.24, 2.45) is 11.7 Å². The van der Waals surface area contributed by atoms with E-state index in [0.717, 1.165) is 45.6 Å². The molecule has 15 heavy (non-hydrogen) atoms. The minimum absolute atomic E-state index is 0.210. The summed E-state index contributed by atoms with van der Waals surface area (Å²) in [7, 11) is 0. The van der Waals surface area contributed by atoms with E-state index in [2.05, 4.69) is 5.32 Å². The molecule has 0 aromatic rings. The van der Waals surface area contributed by atoms with Crippen molar-refractivity contribution in [3.8, 4) is 0 Å². The molecule has 4 nitrogen and oxygen atoms in total. The average Bonchev–Trinajstić information content (AvgIpc) is 2.25. The fourth-order valence-corrected chi connectivity index (χ4v) is 2.05. The zero-order valence-corrected chi connectivity index (χ0v) is 9.67. The van der Waals surface area contributed by atoms with E-state index in [1.54, 1.807) is 6.92 Å². The fourth-order valence-electron chi connectivity index (χ4n) is 2.05. The van der Waals surface area contributed by atoms with Crippen LogP contribution < -0.4 is 11.1 Å². The lowest BCUT2D eigenvalue weighted by Crippen LogP contribution is -2.42. The molecule has 1 fully saturated rings. The number of rotatable bonds is 5. The molecule has 1 rings (SSSR count). The average molecular weight is 213 g/mol. The highest BCUT2D eigenvalue weighted by Crippen LogP contribution is 2.15. The lowest BCUT2D eigenvalue weighted by Gasteiger charge is -2.32. The maximum Gasteiger partial charge on any atom is 0.219 e. The number of hydrogen-bond acceptors (Lipinski definition) is 3. The van der Waals surface area contributed by atoms with E-state index in [1.165, 1.54) is 6.42 Å². The third-order valence-electron chi connectivity index (χ3n) is 2.96. The van der Waals surface area contributed by atoms with Crippen molar-refractivity contribution in [1.29, 1.82) is 0 Å². The largest absolute Gasteiger partial charge is 0.343 e. The van der Waals surface area contributed by atoms with Crippen molar-refractivity contribution < 1.29 is 4.79 Å². The number of amides is 1. The molecule has 0 bridgehead atoms. The molecule has 1 unspecified atom stereocenters. The Labute approximate surface area is 92.2 Å². The number of carbonyl (C=O) groups excluding carboxylic acids is 1. The highest BCUT2D eigenvalue weighted by Gasteiger charge is 2.20. The second kappa shape index (κ2) is 6.80. The first-order valence-electron chi connectivity index (χ1n) is 5.90. The van der Waals surface area contributed by atoms with Gasteiger partial charge in [-0.15, -0.1) is 0 Å². The Hall–Kier alpha value is -0.610. The molecule has 88 valence electrons. The molecular formula is C11H23N3O. The molecule has 4 heteroatoms. The number of hydrogen-bond donors (Lipinski definition) is 2. The number of nitrogens with two attached hydrogens (primary N) is 1. The minimum Gasteiger partial charge on any atom is -0.343 e. The van der Waals surface area contributed by atoms with Crippen molar-refractivity contribution >= 4 is 5.91 Å². The van der Waals surface area contributed by atoms with Crippen LogP contribution in [0.3, 0.4) is 0 Å². The zero-order chi connectivity index (χ0) is 11.1. The Bertz CT molecular complexity index is 196. The first-order chi connectivity index (χ1) is 7.24. The van der Waals surface area contributed by atoms with E-state index in [4.69, 9.17) is 5.73 Å². The Morgan fingerprint density at radius 2 is 2.40 bits per heavy atom. The first-order valence-corrected chi connectivity index (χ1v) is 5.90. The van der Waals surface area contributed by atoms with Crippen LogP contribution in [0, 0.1) is 5.92 Å². The molecule has 3 N–H and O–H groups in total. The standard InChI is InChI=1S/C11H23N3O/c1-10(15)14-7-2-4-11(9-14)8-13-6-3-5-12/h11,13H,2-9,12H2,1H3. The van der Waals surface area contributed by atoms with Gasteiger partial charge in [-0.2, -0.15) is 0 Å². The molecule has 0 aromatic heterocycles. The summed E-state index contributed by atoms with van der Waals surface area (Å²) in [5, 5.41) is 3.40. The van der Waals surface area contributed by atoms with Gasteiger partial charge in [0.05, 0.1) is 0 Å². The van der Waals surface area contributed by atoms with E-state index in [9.17, 15) is 4.79 Å². The van der Waals surface area contributed by atoms with Crippen molar-refractivity contribution in [1.82, 2.24) is 10.2 Å². The van der Waals surface area contributed by atoms with Crippen molar-refractivity contribution in [3.63, 3.8) is 0 Å². The lowest BCUT2D eigenvalue weighted by molar-refractivity contribution is -0.130. The van der Waals surface area contributed by atoms with Crippen LogP contribution in [0.1, 0.15) is 26.2 Å². The molecule has 1 amide bonds. The van der Waals surface area contributed by atoms with Gasteiger partial charge in [-0.25, -0.2) is 0 Å². The Morgan fingerprint density at radius 3 is 3.07 bits per heavy atom. The molecule has 1 atom stereocenters. The Kier molecular flexibility index (Phi) is 5.65. The Balaban J connectivity index is 2.15. The van der Waals surface area contributed by atoms with Gasteiger partial charge in [0.2, 0.25) is 5.91 Å². The van der Waals surface area contributed by atoms with Gasteiger partial charge in [0.1, 0.15) is 0 Å². The third-order valence-corrected chi connectivity index (χ3v) is 2.96. The molecule has 0 aliphatic carbocycles. The molecule has 1 heterocycles. The van der Waals surface area contributed by atoms with E-state index in [-0.39, 0.29) is 5.91 Å². The predicted octanol–water partition coefficient (Wildman–Crippen LogP) is 0.183. The van der Waals surface area contributed by atoms with Gasteiger partial charge in [-0.05, 0) is 44.8 Å².